The van der Waals surface area contributed by atoms with Crippen molar-refractivity contribution in [2.75, 3.05) is 0 Å². The van der Waals surface area contributed by atoms with Gasteiger partial charge in [0.05, 0.1) is 0 Å². The maximum absolute atomic E-state index is 6.64. The lowest BCUT2D eigenvalue weighted by atomic mass is 9.81. The predicted molar refractivity (Wildman–Crippen MR) is 95.7 cm³/mol. The highest BCUT2D eigenvalue weighted by molar-refractivity contribution is 4.85. The molecule has 0 bridgehead atoms. The lowest BCUT2D eigenvalue weighted by Gasteiger charge is -2.31. The fraction of sp³-hybridized carbons (Fsp3) is 1.00. The van der Waals surface area contributed by atoms with Crippen LogP contribution in [0.15, 0.2) is 0 Å². The van der Waals surface area contributed by atoms with Crippen molar-refractivity contribution in [2.24, 2.45) is 5.73 Å². The van der Waals surface area contributed by atoms with Crippen LogP contribution in [0, 0.1) is 0 Å². The van der Waals surface area contributed by atoms with Gasteiger partial charge in [-0.25, -0.2) is 0 Å². The number of nitrogens with two attached hydrogens (primary N) is 1. The molecular formula is C20H41N. The van der Waals surface area contributed by atoms with Gasteiger partial charge in [0.2, 0.25) is 0 Å². The summed E-state index contributed by atoms with van der Waals surface area (Å²) in [6.45, 7) is 2.29. The van der Waals surface area contributed by atoms with Crippen molar-refractivity contribution in [3.63, 3.8) is 0 Å². The zero-order chi connectivity index (χ0) is 15.2. The van der Waals surface area contributed by atoms with E-state index in [4.69, 9.17) is 5.73 Å². The van der Waals surface area contributed by atoms with Crippen LogP contribution in [0.25, 0.3) is 0 Å². The van der Waals surface area contributed by atoms with E-state index in [-0.39, 0.29) is 5.54 Å². The third-order valence-corrected chi connectivity index (χ3v) is 5.38. The van der Waals surface area contributed by atoms with E-state index in [9.17, 15) is 0 Å². The topological polar surface area (TPSA) is 26.0 Å². The highest BCUT2D eigenvalue weighted by Gasteiger charge is 2.24. The van der Waals surface area contributed by atoms with Crippen molar-refractivity contribution in [3.8, 4) is 0 Å². The Morgan fingerprint density at radius 2 is 1.05 bits per heavy atom. The number of rotatable bonds is 11. The Balaban J connectivity index is 1.92. The molecule has 0 radical (unpaired) electrons. The van der Waals surface area contributed by atoms with Crippen LogP contribution in [0.1, 0.15) is 122 Å². The van der Waals surface area contributed by atoms with E-state index in [1.807, 2.05) is 0 Å². The molecule has 126 valence electrons. The van der Waals surface area contributed by atoms with Crippen molar-refractivity contribution in [1.82, 2.24) is 0 Å². The Hall–Kier alpha value is -0.0400. The van der Waals surface area contributed by atoms with E-state index in [2.05, 4.69) is 6.92 Å². The fourth-order valence-electron chi connectivity index (χ4n) is 3.82. The second-order valence-electron chi connectivity index (χ2n) is 7.56. The molecule has 1 fully saturated rings. The molecule has 1 rings (SSSR count). The number of unbranched alkanes of at least 4 members (excludes halogenated alkanes) is 9. The van der Waals surface area contributed by atoms with Crippen molar-refractivity contribution >= 4 is 0 Å². The van der Waals surface area contributed by atoms with Crippen molar-refractivity contribution in [2.45, 2.75) is 128 Å². The summed E-state index contributed by atoms with van der Waals surface area (Å²) < 4.78 is 0. The Kier molecular flexibility index (Phi) is 11.3. The van der Waals surface area contributed by atoms with E-state index < -0.39 is 0 Å². The van der Waals surface area contributed by atoms with Crippen LogP contribution in [0.5, 0.6) is 0 Å². The smallest absolute Gasteiger partial charge is 0.0154 e. The van der Waals surface area contributed by atoms with Gasteiger partial charge in [0.25, 0.3) is 0 Å². The maximum atomic E-state index is 6.64. The third kappa shape index (κ3) is 10.3. The van der Waals surface area contributed by atoms with Crippen LogP contribution in [0.3, 0.4) is 0 Å². The van der Waals surface area contributed by atoms with E-state index in [0.29, 0.717) is 0 Å². The Bertz CT molecular complexity index is 216. The molecule has 1 nitrogen and oxygen atoms in total. The summed E-state index contributed by atoms with van der Waals surface area (Å²) >= 11 is 0. The van der Waals surface area contributed by atoms with Gasteiger partial charge in [0, 0.05) is 5.54 Å². The molecular weight excluding hydrogens is 254 g/mol. The highest BCUT2D eigenvalue weighted by atomic mass is 14.7. The molecule has 0 atom stereocenters. The van der Waals surface area contributed by atoms with Gasteiger partial charge in [-0.2, -0.15) is 0 Å². The minimum absolute atomic E-state index is 0.195. The third-order valence-electron chi connectivity index (χ3n) is 5.38. The molecule has 21 heavy (non-hydrogen) atoms. The first-order chi connectivity index (χ1) is 10.3. The zero-order valence-corrected chi connectivity index (χ0v) is 14.8. The molecule has 0 aromatic carbocycles. The van der Waals surface area contributed by atoms with E-state index in [1.54, 1.807) is 0 Å². The molecule has 0 amide bonds. The van der Waals surface area contributed by atoms with Gasteiger partial charge < -0.3 is 5.73 Å². The lowest BCUT2D eigenvalue weighted by Crippen LogP contribution is -2.40. The fourth-order valence-corrected chi connectivity index (χ4v) is 3.82. The van der Waals surface area contributed by atoms with Crippen molar-refractivity contribution < 1.29 is 0 Å². The minimum Gasteiger partial charge on any atom is -0.325 e. The van der Waals surface area contributed by atoms with Crippen LogP contribution >= 0.6 is 0 Å². The molecule has 0 unspecified atom stereocenters. The van der Waals surface area contributed by atoms with E-state index in [1.165, 1.54) is 116 Å². The van der Waals surface area contributed by atoms with Gasteiger partial charge in [-0.3, -0.25) is 0 Å². The molecule has 2 N–H and O–H groups in total. The summed E-state index contributed by atoms with van der Waals surface area (Å²) in [5.41, 5.74) is 6.83. The summed E-state index contributed by atoms with van der Waals surface area (Å²) in [5.74, 6) is 0. The van der Waals surface area contributed by atoms with Gasteiger partial charge in [-0.1, -0.05) is 103 Å². The quantitative estimate of drug-likeness (QED) is 0.420. The zero-order valence-electron chi connectivity index (χ0n) is 14.8. The highest BCUT2D eigenvalue weighted by Crippen LogP contribution is 2.28. The summed E-state index contributed by atoms with van der Waals surface area (Å²) in [4.78, 5) is 0. The first-order valence-electron chi connectivity index (χ1n) is 10.1. The molecule has 0 saturated heterocycles. The van der Waals surface area contributed by atoms with Crippen molar-refractivity contribution in [3.05, 3.63) is 0 Å². The summed E-state index contributed by atoms with van der Waals surface area (Å²) in [5, 5.41) is 0. The van der Waals surface area contributed by atoms with Crippen LogP contribution in [-0.2, 0) is 0 Å². The van der Waals surface area contributed by atoms with E-state index >= 15 is 0 Å². The average Bonchev–Trinajstić information content (AvgIpc) is 2.46. The van der Waals surface area contributed by atoms with Gasteiger partial charge in [-0.15, -0.1) is 0 Å². The summed E-state index contributed by atoms with van der Waals surface area (Å²) in [6, 6.07) is 0. The lowest BCUT2D eigenvalue weighted by molar-refractivity contribution is 0.288. The van der Waals surface area contributed by atoms with Crippen LogP contribution in [0.2, 0.25) is 0 Å². The van der Waals surface area contributed by atoms with Gasteiger partial charge in [-0.05, 0) is 19.3 Å². The molecule has 0 aliphatic heterocycles. The second kappa shape index (κ2) is 12.5. The van der Waals surface area contributed by atoms with Crippen LogP contribution in [-0.4, -0.2) is 5.54 Å². The van der Waals surface area contributed by atoms with Gasteiger partial charge >= 0.3 is 0 Å². The van der Waals surface area contributed by atoms with Crippen LogP contribution < -0.4 is 5.73 Å². The van der Waals surface area contributed by atoms with Crippen molar-refractivity contribution in [1.29, 1.82) is 0 Å². The summed E-state index contributed by atoms with van der Waals surface area (Å²) in [7, 11) is 0. The number of hydrogen-bond donors (Lipinski definition) is 1. The van der Waals surface area contributed by atoms with Crippen LogP contribution in [0.4, 0.5) is 0 Å². The van der Waals surface area contributed by atoms with E-state index in [0.717, 1.165) is 0 Å². The monoisotopic (exact) mass is 295 g/mol. The first kappa shape index (κ1) is 19.0. The Morgan fingerprint density at radius 1 is 0.619 bits per heavy atom. The van der Waals surface area contributed by atoms with Gasteiger partial charge in [0.15, 0.2) is 0 Å². The normalized spacial score (nSPS) is 19.1. The van der Waals surface area contributed by atoms with Gasteiger partial charge in [0.1, 0.15) is 0 Å². The Morgan fingerprint density at radius 3 is 1.57 bits per heavy atom. The molecule has 1 heteroatoms. The molecule has 0 aromatic heterocycles. The SMILES string of the molecule is CCCCCCCCCCCCC1(N)CCCCCCC1. The molecule has 0 aromatic rings. The average molecular weight is 296 g/mol. The maximum Gasteiger partial charge on any atom is 0.0154 e. The molecule has 0 spiro atoms. The molecule has 1 aliphatic rings. The number of hydrogen-bond acceptors (Lipinski definition) is 1. The largest absolute Gasteiger partial charge is 0.325 e. The second-order valence-corrected chi connectivity index (χ2v) is 7.56. The minimum atomic E-state index is 0.195. The first-order valence-corrected chi connectivity index (χ1v) is 10.1. The molecule has 1 saturated carbocycles. The summed E-state index contributed by atoms with van der Waals surface area (Å²) in [6.07, 6.45) is 25.1. The molecule has 0 heterocycles. The standard InChI is InChI=1S/C20H41N/c1-2-3-4-5-6-7-8-9-11-14-17-20(21)18-15-12-10-13-16-19-20/h2-19,21H2,1H3. The Labute approximate surface area is 134 Å². The predicted octanol–water partition coefficient (Wildman–Crippen LogP) is 6.74. The molecule has 1 aliphatic carbocycles.